The van der Waals surface area contributed by atoms with Gasteiger partial charge in [0.05, 0.1) is 0 Å². The lowest BCUT2D eigenvalue weighted by atomic mass is 10.1. The number of hydrogen-bond acceptors (Lipinski definition) is 0. The summed E-state index contributed by atoms with van der Waals surface area (Å²) in [5.74, 6) is 0.884. The van der Waals surface area contributed by atoms with Crippen molar-refractivity contribution in [3.63, 3.8) is 0 Å². The summed E-state index contributed by atoms with van der Waals surface area (Å²) in [7, 11) is 0. The highest BCUT2D eigenvalue weighted by Gasteiger charge is 2.09. The van der Waals surface area contributed by atoms with E-state index in [4.69, 9.17) is 0 Å². The van der Waals surface area contributed by atoms with Crippen molar-refractivity contribution in [2.24, 2.45) is 5.92 Å². The second kappa shape index (κ2) is 6.63. The van der Waals surface area contributed by atoms with Gasteiger partial charge in [0.15, 0.2) is 0 Å². The highest BCUT2D eigenvalue weighted by atomic mass is 19.1. The number of halogens is 1. The molecule has 0 aromatic rings. The molecule has 0 radical (unpaired) electrons. The van der Waals surface area contributed by atoms with E-state index < -0.39 is 5.67 Å². The van der Waals surface area contributed by atoms with E-state index in [-0.39, 0.29) is 0 Å². The maximum atomic E-state index is 12.1. The van der Waals surface area contributed by atoms with Crippen molar-refractivity contribution in [3.8, 4) is 0 Å². The van der Waals surface area contributed by atoms with Crippen LogP contribution in [0.4, 0.5) is 4.39 Å². The topological polar surface area (TPSA) is 0 Å². The molecule has 0 bridgehead atoms. The first kappa shape index (κ1) is 13.5. The van der Waals surface area contributed by atoms with Crippen molar-refractivity contribution >= 4 is 0 Å². The fourth-order valence-corrected chi connectivity index (χ4v) is 0. The first-order valence-corrected chi connectivity index (χ1v) is 4.52. The molecule has 0 atom stereocenters. The van der Waals surface area contributed by atoms with Gasteiger partial charge in [0.25, 0.3) is 0 Å². The maximum absolute atomic E-state index is 12.1. The minimum atomic E-state index is -0.958. The van der Waals surface area contributed by atoms with Crippen molar-refractivity contribution in [1.82, 2.24) is 0 Å². The fraction of sp³-hybridized carbons (Fsp3) is 1.00. The highest BCUT2D eigenvalue weighted by molar-refractivity contribution is 4.60. The fourth-order valence-electron chi connectivity index (χ4n) is 0. The van der Waals surface area contributed by atoms with E-state index in [0.717, 1.165) is 5.92 Å². The summed E-state index contributed by atoms with van der Waals surface area (Å²) in [5.41, 5.74) is -0.958. The first-order valence-electron chi connectivity index (χ1n) is 4.52. The zero-order valence-electron chi connectivity index (χ0n) is 8.87. The van der Waals surface area contributed by atoms with Gasteiger partial charge in [-0.2, -0.15) is 0 Å². The molecule has 1 heteroatoms. The number of hydrogen-bond donors (Lipinski definition) is 0. The number of alkyl halides is 1. The molecule has 0 saturated carbocycles. The van der Waals surface area contributed by atoms with E-state index in [0.29, 0.717) is 6.42 Å². The average Bonchev–Trinajstić information content (AvgIpc) is 1.88. The zero-order chi connectivity index (χ0) is 9.49. The van der Waals surface area contributed by atoms with Gasteiger partial charge in [-0.3, -0.25) is 0 Å². The Labute approximate surface area is 71.2 Å². The first-order chi connectivity index (χ1) is 4.83. The largest absolute Gasteiger partial charge is 0.245 e. The smallest absolute Gasteiger partial charge is 0.105 e. The van der Waals surface area contributed by atoms with Crippen molar-refractivity contribution in [2.45, 2.75) is 60.1 Å². The van der Waals surface area contributed by atoms with Gasteiger partial charge in [-0.15, -0.1) is 0 Å². The van der Waals surface area contributed by atoms with E-state index in [9.17, 15) is 4.39 Å². The van der Waals surface area contributed by atoms with Gasteiger partial charge in [-0.1, -0.05) is 34.1 Å². The lowest BCUT2D eigenvalue weighted by molar-refractivity contribution is 0.210. The second-order valence-corrected chi connectivity index (χ2v) is 3.87. The van der Waals surface area contributed by atoms with Crippen LogP contribution in [0, 0.1) is 5.92 Å². The van der Waals surface area contributed by atoms with Crippen LogP contribution in [-0.2, 0) is 0 Å². The summed E-state index contributed by atoms with van der Waals surface area (Å²) in [4.78, 5) is 0. The Kier molecular flexibility index (Phi) is 8.14. The van der Waals surface area contributed by atoms with Gasteiger partial charge >= 0.3 is 0 Å². The predicted molar refractivity (Wildman–Crippen MR) is 50.6 cm³/mol. The molecule has 0 aromatic heterocycles. The lowest BCUT2D eigenvalue weighted by Crippen LogP contribution is -2.07. The van der Waals surface area contributed by atoms with Crippen LogP contribution in [0.2, 0.25) is 0 Å². The molecule has 0 aliphatic carbocycles. The molecule has 0 unspecified atom stereocenters. The normalized spacial score (nSPS) is 10.9. The van der Waals surface area contributed by atoms with E-state index in [1.807, 2.05) is 6.92 Å². The van der Waals surface area contributed by atoms with Crippen LogP contribution >= 0.6 is 0 Å². The molecule has 0 aliphatic heterocycles. The van der Waals surface area contributed by atoms with Gasteiger partial charge in [0.2, 0.25) is 0 Å². The summed E-state index contributed by atoms with van der Waals surface area (Å²) in [5, 5.41) is 0. The van der Waals surface area contributed by atoms with Gasteiger partial charge < -0.3 is 0 Å². The van der Waals surface area contributed by atoms with Gasteiger partial charge in [0.1, 0.15) is 5.67 Å². The van der Waals surface area contributed by atoms with Crippen molar-refractivity contribution < 1.29 is 4.39 Å². The monoisotopic (exact) mass is 162 g/mol. The minimum Gasteiger partial charge on any atom is -0.245 e. The SMILES string of the molecule is CCC(C)(C)F.CCC(C)C. The van der Waals surface area contributed by atoms with E-state index in [1.54, 1.807) is 13.8 Å². The molecule has 0 rings (SSSR count). The van der Waals surface area contributed by atoms with Crippen molar-refractivity contribution in [3.05, 3.63) is 0 Å². The molecule has 0 amide bonds. The van der Waals surface area contributed by atoms with E-state index in [2.05, 4.69) is 20.8 Å². The third-order valence-electron chi connectivity index (χ3n) is 1.66. The summed E-state index contributed by atoms with van der Waals surface area (Å²) in [6.07, 6.45) is 1.91. The standard InChI is InChI=1S/C5H11F.C5H12/c1-4-5(2,3)6;1-4-5(2)3/h4H2,1-3H3;5H,4H2,1-3H3. The van der Waals surface area contributed by atoms with Gasteiger partial charge in [-0.25, -0.2) is 4.39 Å². The Bertz CT molecular complexity index is 69.4. The molecule has 70 valence electrons. The summed E-state index contributed by atoms with van der Waals surface area (Å²) in [6.45, 7) is 11.6. The van der Waals surface area contributed by atoms with Crippen molar-refractivity contribution in [1.29, 1.82) is 0 Å². The summed E-state index contributed by atoms with van der Waals surface area (Å²) >= 11 is 0. The van der Waals surface area contributed by atoms with E-state index in [1.165, 1.54) is 6.42 Å². The Balaban J connectivity index is 0. The highest BCUT2D eigenvalue weighted by Crippen LogP contribution is 2.10. The van der Waals surface area contributed by atoms with Crippen LogP contribution in [0.1, 0.15) is 54.4 Å². The molecule has 0 aromatic carbocycles. The summed E-state index contributed by atoms with van der Waals surface area (Å²) in [6, 6.07) is 0. The van der Waals surface area contributed by atoms with Crippen LogP contribution in [-0.4, -0.2) is 5.67 Å². The van der Waals surface area contributed by atoms with Crippen LogP contribution in [0.15, 0.2) is 0 Å². The van der Waals surface area contributed by atoms with Crippen LogP contribution in [0.3, 0.4) is 0 Å². The van der Waals surface area contributed by atoms with Crippen molar-refractivity contribution in [2.75, 3.05) is 0 Å². The molecule has 0 aliphatic rings. The average molecular weight is 162 g/mol. The lowest BCUT2D eigenvalue weighted by Gasteiger charge is -2.07. The molecule has 0 N–H and O–H groups in total. The Morgan fingerprint density at radius 3 is 1.36 bits per heavy atom. The van der Waals surface area contributed by atoms with E-state index >= 15 is 0 Å². The molecular formula is C10H23F. The zero-order valence-corrected chi connectivity index (χ0v) is 8.87. The molecular weight excluding hydrogens is 139 g/mol. The Morgan fingerprint density at radius 1 is 1.18 bits per heavy atom. The van der Waals surface area contributed by atoms with Crippen LogP contribution < -0.4 is 0 Å². The minimum absolute atomic E-state index is 0.604. The third kappa shape index (κ3) is 25.7. The third-order valence-corrected chi connectivity index (χ3v) is 1.66. The number of rotatable bonds is 2. The molecule has 0 heterocycles. The van der Waals surface area contributed by atoms with Crippen LogP contribution in [0.25, 0.3) is 0 Å². The molecule has 0 nitrogen and oxygen atoms in total. The molecule has 0 saturated heterocycles. The molecule has 11 heavy (non-hydrogen) atoms. The van der Waals surface area contributed by atoms with Crippen LogP contribution in [0.5, 0.6) is 0 Å². The summed E-state index contributed by atoms with van der Waals surface area (Å²) < 4.78 is 12.1. The van der Waals surface area contributed by atoms with Gasteiger partial charge in [-0.05, 0) is 26.2 Å². The predicted octanol–water partition coefficient (Wildman–Crippen LogP) is 4.20. The Morgan fingerprint density at radius 2 is 1.36 bits per heavy atom. The molecule has 0 fully saturated rings. The second-order valence-electron chi connectivity index (χ2n) is 3.87. The molecule has 0 spiro atoms. The maximum Gasteiger partial charge on any atom is 0.105 e. The Hall–Kier alpha value is -0.0700. The quantitative estimate of drug-likeness (QED) is 0.571. The van der Waals surface area contributed by atoms with Gasteiger partial charge in [0, 0.05) is 0 Å².